The first-order valence-corrected chi connectivity index (χ1v) is 48.3. The van der Waals surface area contributed by atoms with Gasteiger partial charge in [0, 0.05) is 539 Å². The van der Waals surface area contributed by atoms with E-state index in [0.29, 0.717) is 46.7 Å². The second-order valence-corrected chi connectivity index (χ2v) is 32.9. The van der Waals surface area contributed by atoms with Crippen LogP contribution in [-0.4, -0.2) is 98.4 Å². The van der Waals surface area contributed by atoms with E-state index in [2.05, 4.69) is 274 Å². The maximum absolute atomic E-state index is 5.01. The Bertz CT molecular complexity index is 4490. The number of rotatable bonds is 17. The van der Waals surface area contributed by atoms with Crippen LogP contribution >= 0.6 is 91.5 Å². The number of aromatic nitrogens is 20. The zero-order valence-corrected chi connectivity index (χ0v) is 136. The van der Waals surface area contributed by atoms with Crippen LogP contribution in [0.4, 0.5) is 0 Å². The third-order valence-electron chi connectivity index (χ3n) is 15.9. The van der Waals surface area contributed by atoms with Crippen LogP contribution < -0.4 is 0 Å². The summed E-state index contributed by atoms with van der Waals surface area (Å²) in [6.07, 6.45) is 28.0. The molecular weight excluding hydrogens is 3120 g/mol. The maximum atomic E-state index is 5.01. The fourth-order valence-corrected chi connectivity index (χ4v) is 13.6. The van der Waals surface area contributed by atoms with Gasteiger partial charge in [0.05, 0.1) is 46.0 Å². The molecule has 0 aromatic carbocycles. The number of aryl methyl sites for hydroxylation is 17. The molecule has 0 unspecified atom stereocenters. The van der Waals surface area contributed by atoms with Gasteiger partial charge in [0.25, 0.3) is 0 Å². The van der Waals surface area contributed by atoms with Gasteiger partial charge in [0.2, 0.25) is 5.89 Å². The van der Waals surface area contributed by atoms with E-state index in [1.54, 1.807) is 70.3 Å². The normalized spacial score (nSPS) is 8.65. The second kappa shape index (κ2) is 116. The molecular formula is C93H127N20O8S8Y15-15. The summed E-state index contributed by atoms with van der Waals surface area (Å²) in [6.45, 7) is 89.5. The summed E-state index contributed by atoms with van der Waals surface area (Å²) >= 11 is 12.4. The van der Waals surface area contributed by atoms with Crippen molar-refractivity contribution in [3.63, 3.8) is 0 Å². The summed E-state index contributed by atoms with van der Waals surface area (Å²) in [7, 11) is 0. The smallest absolute Gasteiger partial charge is 0.212 e. The Kier molecular flexibility index (Phi) is 147. The Labute approximate surface area is 1270 Å². The SMILES string of the molecule is CCc1nsc(CC)n1.[CH2-]c1cc(CC)no1.[CH2-]c1cc(CC)ns1.[CH2-]c1cnc(CC)s1.[CH2-]c1nc(CC)co1.[CH2-]c1nc(CC)cs1.[CH2-]c1nc(CC)no1.[CH2-]c1ncc(CC)o1.[CH2-]c1nnc(CC)o1.[CH2-]c1nnc(CC)s1.[CH2-]c1nocc1CC.[CH2-]c1nscc1CC.[CH2-]c1ocnc1CC.[CH2-]c1oncc1CC.[CH2-]c1scnc1CC.[CH2-]c1sncc1CC.[Y].[Y].[Y].[Y].[Y].[Y].[Y].[Y].[Y].[Y].[Y].[Y].[Y].[Y].[Y]. The molecule has 16 rings (SSSR count). The molecule has 0 atom stereocenters. The van der Waals surface area contributed by atoms with E-state index >= 15 is 0 Å². The van der Waals surface area contributed by atoms with Crippen molar-refractivity contribution < 1.29 is 526 Å². The number of hydrogen-bond acceptors (Lipinski definition) is 36. The van der Waals surface area contributed by atoms with Crippen LogP contribution in [0.3, 0.4) is 0 Å². The van der Waals surface area contributed by atoms with Crippen LogP contribution in [0.1, 0.15) is 294 Å². The Balaban J connectivity index is -0.0000000942. The van der Waals surface area contributed by atoms with Crippen molar-refractivity contribution in [1.29, 1.82) is 0 Å². The third kappa shape index (κ3) is 87.8. The van der Waals surface area contributed by atoms with Gasteiger partial charge in [-0.1, -0.05) is 224 Å². The topological polar surface area (TPSA) is 363 Å². The van der Waals surface area contributed by atoms with Crippen molar-refractivity contribution >= 4 is 91.5 Å². The van der Waals surface area contributed by atoms with Gasteiger partial charge in [-0.2, -0.15) is 60.7 Å². The van der Waals surface area contributed by atoms with Gasteiger partial charge >= 0.3 is 0 Å². The van der Waals surface area contributed by atoms with Crippen LogP contribution in [-0.2, 0) is 600 Å². The zero-order chi connectivity index (χ0) is 96.4. The minimum absolute atomic E-state index is 0. The molecule has 0 saturated heterocycles. The molecule has 16 aromatic rings. The molecule has 0 aliphatic heterocycles. The van der Waals surface area contributed by atoms with Crippen LogP contribution in [0.15, 0.2) is 108 Å². The summed E-state index contributed by atoms with van der Waals surface area (Å²) in [5.74, 6) is 7.05. The molecule has 0 amide bonds. The minimum atomic E-state index is 0. The quantitative estimate of drug-likeness (QED) is 0.0764. The van der Waals surface area contributed by atoms with E-state index in [1.807, 2.05) is 96.2 Å². The van der Waals surface area contributed by atoms with Crippen LogP contribution in [0, 0.1) is 104 Å². The average molecular weight is 3240 g/mol. The van der Waals surface area contributed by atoms with Crippen LogP contribution in [0.2, 0.25) is 0 Å². The van der Waals surface area contributed by atoms with E-state index in [-0.39, 0.29) is 491 Å². The van der Waals surface area contributed by atoms with E-state index in [4.69, 9.17) is 26.7 Å². The van der Waals surface area contributed by atoms with Crippen molar-refractivity contribution in [2.75, 3.05) is 0 Å². The van der Waals surface area contributed by atoms with Gasteiger partial charge in [-0.05, 0) is 102 Å². The first-order valence-electron chi connectivity index (χ1n) is 41.7. The molecule has 15 radical (unpaired) electrons. The average Bonchev–Trinajstić information content (AvgIpc) is 1.80. The Morgan fingerprint density at radius 3 is 1.16 bits per heavy atom. The molecule has 0 bridgehead atoms. The molecule has 0 N–H and O–H groups in total. The Morgan fingerprint density at radius 2 is 0.931 bits per heavy atom. The van der Waals surface area contributed by atoms with E-state index in [1.165, 1.54) is 68.7 Å². The molecule has 144 heavy (non-hydrogen) atoms. The number of oxazole rings is 3. The van der Waals surface area contributed by atoms with Crippen LogP contribution in [0.5, 0.6) is 0 Å². The fraction of sp³-hybridized carbons (Fsp3) is 0.366. The molecule has 51 heteroatoms. The fourth-order valence-electron chi connectivity index (χ4n) is 8.41. The molecule has 0 aliphatic rings. The van der Waals surface area contributed by atoms with E-state index in [0.717, 1.165) is 223 Å². The molecule has 16 aromatic heterocycles. The minimum Gasteiger partial charge on any atom is -0.483 e. The first-order chi connectivity index (χ1) is 61.9. The van der Waals surface area contributed by atoms with Crippen molar-refractivity contribution in [2.24, 2.45) is 0 Å². The molecule has 16 heterocycles. The van der Waals surface area contributed by atoms with Crippen molar-refractivity contribution in [2.45, 2.75) is 227 Å². The summed E-state index contributed by atoms with van der Waals surface area (Å²) in [4.78, 5) is 36.4. The monoisotopic (exact) mass is 3240 g/mol. The van der Waals surface area contributed by atoms with Gasteiger partial charge in [-0.15, -0.1) is 85.0 Å². The second-order valence-electron chi connectivity index (χ2n) is 25.4. The standard InChI is InChI=1S/C6H10N2S.6C6H8NO.6C6H8NS.2C5H7N2O.C5H7N2S.15Y/c1-3-5-7-6(4-2)9-8-5;1-3-6-5(2)8-4-7-6;1-3-6-4-8-5(2)7-6;1-3-6-4-7-5(2)8-6;1-3-6-4-8-7-5(6)2;1-3-6-4-7-8-5(6)2;1-3-6-4-5(2)8-7-6;1-3-6-5(2)8-4-7-6;1-3-6-4-8-5(2)7-6;1-3-6-4-8-7-5(6)2;1-3-6-4-7-8-5(6)2;1-3-6-7-4-5(2)8-6;1-3-6-4-5(2)8-7-6;1-3-5-7-6-4(2)8-5;1-3-5-6-4(2)8-7-5;1-3-5-7-6-4(2)8-5;;;;;;;;;;;;;;;/h3-4H2,1-2H3;12*4H,2-3H2,1H3;3*2-3H2,1H3;;;;;;;;;;;;;;;/q;15*-1;;;;;;;;;;;;;;;. The first kappa shape index (κ1) is 182. The van der Waals surface area contributed by atoms with Gasteiger partial charge in [0.1, 0.15) is 27.9 Å². The number of hydrogen-bond donors (Lipinski definition) is 0. The Morgan fingerprint density at radius 1 is 0.326 bits per heavy atom. The van der Waals surface area contributed by atoms with Crippen molar-refractivity contribution in [1.82, 2.24) is 98.4 Å². The van der Waals surface area contributed by atoms with Gasteiger partial charge in [-0.3, -0.25) is 9.97 Å². The molecule has 0 aliphatic carbocycles. The maximum Gasteiger partial charge on any atom is 0.212 e. The van der Waals surface area contributed by atoms with Crippen molar-refractivity contribution in [3.05, 3.63) is 352 Å². The number of thiazole rings is 3. The predicted octanol–water partition coefficient (Wildman–Crippen LogP) is 24.4. The Hall–Kier alpha value is 5.05. The number of nitrogens with zero attached hydrogens (tertiary/aromatic N) is 20. The molecule has 28 nitrogen and oxygen atoms in total. The summed E-state index contributed by atoms with van der Waals surface area (Å²) in [5, 5.41) is 38.4. The van der Waals surface area contributed by atoms with Gasteiger partial charge < -0.3 is 92.3 Å². The zero-order valence-electron chi connectivity index (χ0n) is 86.7. The molecule has 755 valence electrons. The summed E-state index contributed by atoms with van der Waals surface area (Å²) in [6, 6.07) is 3.85. The van der Waals surface area contributed by atoms with Crippen molar-refractivity contribution in [3.8, 4) is 0 Å². The van der Waals surface area contributed by atoms with E-state index < -0.39 is 0 Å². The largest absolute Gasteiger partial charge is 0.483 e. The molecule has 0 fully saturated rings. The van der Waals surface area contributed by atoms with Crippen LogP contribution in [0.25, 0.3) is 0 Å². The summed E-state index contributed by atoms with van der Waals surface area (Å²) in [5.41, 5.74) is 14.6. The van der Waals surface area contributed by atoms with Gasteiger partial charge in [-0.25, -0.2) is 90.4 Å². The van der Waals surface area contributed by atoms with E-state index in [9.17, 15) is 0 Å². The third-order valence-corrected chi connectivity index (χ3v) is 22.2. The molecule has 0 saturated carbocycles. The predicted molar refractivity (Wildman–Crippen MR) is 526 cm³/mol. The molecule has 0 spiro atoms. The van der Waals surface area contributed by atoms with Gasteiger partial charge in [0.15, 0.2) is 12.2 Å². The summed E-state index contributed by atoms with van der Waals surface area (Å²) < 4.78 is 54.4.